The molecule has 102 valence electrons. The van der Waals surface area contributed by atoms with Crippen molar-refractivity contribution < 1.29 is 14.2 Å². The molecule has 0 radical (unpaired) electrons. The zero-order chi connectivity index (χ0) is 13.4. The van der Waals surface area contributed by atoms with Crippen molar-refractivity contribution in [1.29, 1.82) is 0 Å². The van der Waals surface area contributed by atoms with Gasteiger partial charge in [0.25, 0.3) is 0 Å². The maximum Gasteiger partial charge on any atom is 0.129 e. The molecule has 0 saturated carbocycles. The van der Waals surface area contributed by atoms with Crippen LogP contribution in [0.15, 0.2) is 24.3 Å². The summed E-state index contributed by atoms with van der Waals surface area (Å²) in [5, 5.41) is 10.0. The Labute approximate surface area is 108 Å². The predicted molar refractivity (Wildman–Crippen MR) is 70.0 cm³/mol. The summed E-state index contributed by atoms with van der Waals surface area (Å²) in [7, 11) is 0. The minimum Gasteiger partial charge on any atom is -0.387 e. The lowest BCUT2D eigenvalue weighted by atomic mass is 10.1. The number of aliphatic hydroxyl groups is 1. The maximum absolute atomic E-state index is 13.5. The number of hydrogen-bond donors (Lipinski definition) is 1. The lowest BCUT2D eigenvalue weighted by Crippen LogP contribution is -2.32. The minimum atomic E-state index is -0.798. The molecule has 0 aliphatic rings. The third-order valence-corrected chi connectivity index (χ3v) is 2.90. The molecule has 0 amide bonds. The average Bonchev–Trinajstić information content (AvgIpc) is 2.38. The van der Waals surface area contributed by atoms with E-state index in [1.54, 1.807) is 18.2 Å². The van der Waals surface area contributed by atoms with Crippen molar-refractivity contribution in [3.63, 3.8) is 0 Å². The standard InChI is InChI=1S/C14H22FNO2/c1-3-16(9-10-18-4-2)11-14(17)12-7-5-6-8-13(12)15/h5-8,14,17H,3-4,9-11H2,1-2H3. The van der Waals surface area contributed by atoms with E-state index in [-0.39, 0.29) is 5.82 Å². The topological polar surface area (TPSA) is 32.7 Å². The predicted octanol–water partition coefficient (Wildman–Crippen LogP) is 2.22. The normalized spacial score (nSPS) is 12.9. The molecule has 0 spiro atoms. The Hall–Kier alpha value is -0.970. The molecule has 0 fully saturated rings. The summed E-state index contributed by atoms with van der Waals surface area (Å²) >= 11 is 0. The summed E-state index contributed by atoms with van der Waals surface area (Å²) in [6.07, 6.45) is -0.798. The van der Waals surface area contributed by atoms with Gasteiger partial charge in [0.2, 0.25) is 0 Å². The van der Waals surface area contributed by atoms with Gasteiger partial charge in [-0.25, -0.2) is 4.39 Å². The van der Waals surface area contributed by atoms with E-state index in [1.165, 1.54) is 6.07 Å². The third kappa shape index (κ3) is 4.72. The van der Waals surface area contributed by atoms with Crippen LogP contribution in [0.25, 0.3) is 0 Å². The van der Waals surface area contributed by atoms with Gasteiger partial charge < -0.3 is 9.84 Å². The highest BCUT2D eigenvalue weighted by Gasteiger charge is 2.15. The molecule has 1 aromatic carbocycles. The van der Waals surface area contributed by atoms with Crippen LogP contribution in [-0.2, 0) is 4.74 Å². The van der Waals surface area contributed by atoms with E-state index < -0.39 is 6.10 Å². The van der Waals surface area contributed by atoms with Crippen LogP contribution >= 0.6 is 0 Å². The van der Waals surface area contributed by atoms with Crippen LogP contribution in [0.4, 0.5) is 4.39 Å². The van der Waals surface area contributed by atoms with Gasteiger partial charge in [0.05, 0.1) is 12.7 Å². The Bertz CT molecular complexity index is 346. The maximum atomic E-state index is 13.5. The summed E-state index contributed by atoms with van der Waals surface area (Å²) in [5.74, 6) is -0.356. The number of nitrogens with zero attached hydrogens (tertiary/aromatic N) is 1. The lowest BCUT2D eigenvalue weighted by molar-refractivity contribution is 0.0778. The largest absolute Gasteiger partial charge is 0.387 e. The molecule has 4 heteroatoms. The van der Waals surface area contributed by atoms with Crippen LogP contribution in [0.2, 0.25) is 0 Å². The van der Waals surface area contributed by atoms with Gasteiger partial charge in [-0.15, -0.1) is 0 Å². The second-order valence-corrected chi connectivity index (χ2v) is 4.13. The Morgan fingerprint density at radius 3 is 2.67 bits per heavy atom. The van der Waals surface area contributed by atoms with Crippen molar-refractivity contribution in [2.45, 2.75) is 20.0 Å². The second kappa shape index (κ2) is 8.19. The van der Waals surface area contributed by atoms with Crippen molar-refractivity contribution in [3.8, 4) is 0 Å². The van der Waals surface area contributed by atoms with Gasteiger partial charge in [-0.05, 0) is 19.5 Å². The van der Waals surface area contributed by atoms with Gasteiger partial charge in [0, 0.05) is 25.3 Å². The monoisotopic (exact) mass is 255 g/mol. The fourth-order valence-electron chi connectivity index (χ4n) is 1.80. The summed E-state index contributed by atoms with van der Waals surface area (Å²) < 4.78 is 18.8. The number of likely N-dealkylation sites (N-methyl/N-ethyl adjacent to an activating group) is 1. The molecule has 1 rings (SSSR count). The Balaban J connectivity index is 2.51. The van der Waals surface area contributed by atoms with Crippen molar-refractivity contribution in [1.82, 2.24) is 4.90 Å². The molecule has 1 atom stereocenters. The highest BCUT2D eigenvalue weighted by molar-refractivity contribution is 5.19. The van der Waals surface area contributed by atoms with E-state index in [4.69, 9.17) is 4.74 Å². The zero-order valence-corrected chi connectivity index (χ0v) is 11.1. The molecule has 0 aliphatic heterocycles. The number of hydrogen-bond acceptors (Lipinski definition) is 3. The second-order valence-electron chi connectivity index (χ2n) is 4.13. The zero-order valence-electron chi connectivity index (χ0n) is 11.1. The summed E-state index contributed by atoms with van der Waals surface area (Å²) in [5.41, 5.74) is 0.354. The van der Waals surface area contributed by atoms with Gasteiger partial charge >= 0.3 is 0 Å². The molecule has 0 aromatic heterocycles. The fourth-order valence-corrected chi connectivity index (χ4v) is 1.80. The van der Waals surface area contributed by atoms with Crippen LogP contribution in [0.1, 0.15) is 25.5 Å². The van der Waals surface area contributed by atoms with E-state index in [0.29, 0.717) is 25.3 Å². The highest BCUT2D eigenvalue weighted by atomic mass is 19.1. The Morgan fingerprint density at radius 1 is 1.33 bits per heavy atom. The fraction of sp³-hybridized carbons (Fsp3) is 0.571. The van der Waals surface area contributed by atoms with Gasteiger partial charge in [0.1, 0.15) is 5.82 Å². The average molecular weight is 255 g/mol. The van der Waals surface area contributed by atoms with Crippen LogP contribution in [-0.4, -0.2) is 42.9 Å². The molecule has 0 saturated heterocycles. The van der Waals surface area contributed by atoms with E-state index in [1.807, 2.05) is 18.7 Å². The molecule has 0 heterocycles. The lowest BCUT2D eigenvalue weighted by Gasteiger charge is -2.23. The minimum absolute atomic E-state index is 0.354. The van der Waals surface area contributed by atoms with Gasteiger partial charge in [-0.1, -0.05) is 25.1 Å². The SMILES string of the molecule is CCOCCN(CC)CC(O)c1ccccc1F. The molecule has 0 bridgehead atoms. The molecule has 18 heavy (non-hydrogen) atoms. The first kappa shape index (κ1) is 15.1. The number of halogens is 1. The Morgan fingerprint density at radius 2 is 2.06 bits per heavy atom. The van der Waals surface area contributed by atoms with Crippen molar-refractivity contribution >= 4 is 0 Å². The van der Waals surface area contributed by atoms with Crippen LogP contribution in [0, 0.1) is 5.82 Å². The van der Waals surface area contributed by atoms with Gasteiger partial charge in [-0.2, -0.15) is 0 Å². The van der Waals surface area contributed by atoms with Crippen molar-refractivity contribution in [2.24, 2.45) is 0 Å². The first-order valence-corrected chi connectivity index (χ1v) is 6.41. The molecule has 1 aromatic rings. The third-order valence-electron chi connectivity index (χ3n) is 2.90. The summed E-state index contributed by atoms with van der Waals surface area (Å²) in [4.78, 5) is 2.05. The quantitative estimate of drug-likeness (QED) is 0.723. The van der Waals surface area contributed by atoms with Crippen LogP contribution in [0.3, 0.4) is 0 Å². The number of benzene rings is 1. The van der Waals surface area contributed by atoms with Crippen LogP contribution < -0.4 is 0 Å². The number of rotatable bonds is 8. The highest BCUT2D eigenvalue weighted by Crippen LogP contribution is 2.17. The molecular weight excluding hydrogens is 233 g/mol. The molecule has 3 nitrogen and oxygen atoms in total. The van der Waals surface area contributed by atoms with Crippen LogP contribution in [0.5, 0.6) is 0 Å². The summed E-state index contributed by atoms with van der Waals surface area (Å²) in [6, 6.07) is 6.35. The van der Waals surface area contributed by atoms with Gasteiger partial charge in [0.15, 0.2) is 0 Å². The first-order valence-electron chi connectivity index (χ1n) is 6.41. The van der Waals surface area contributed by atoms with Gasteiger partial charge in [-0.3, -0.25) is 4.90 Å². The van der Waals surface area contributed by atoms with E-state index in [2.05, 4.69) is 0 Å². The van der Waals surface area contributed by atoms with E-state index in [9.17, 15) is 9.50 Å². The first-order chi connectivity index (χ1) is 8.69. The van der Waals surface area contributed by atoms with Crippen molar-refractivity contribution in [2.75, 3.05) is 32.8 Å². The number of ether oxygens (including phenoxy) is 1. The van der Waals surface area contributed by atoms with E-state index >= 15 is 0 Å². The molecule has 1 N–H and O–H groups in total. The summed E-state index contributed by atoms with van der Waals surface area (Å²) in [6.45, 7) is 7.26. The molecule has 0 aliphatic carbocycles. The molecule has 1 unspecified atom stereocenters. The van der Waals surface area contributed by atoms with Crippen molar-refractivity contribution in [3.05, 3.63) is 35.6 Å². The number of aliphatic hydroxyl groups excluding tert-OH is 1. The molecular formula is C14H22FNO2. The Kier molecular flexibility index (Phi) is 6.86. The van der Waals surface area contributed by atoms with E-state index in [0.717, 1.165) is 13.1 Å². The smallest absolute Gasteiger partial charge is 0.129 e.